The third-order valence-electron chi connectivity index (χ3n) is 2.77. The number of aryl methyl sites for hydroxylation is 1. The van der Waals surface area contributed by atoms with Gasteiger partial charge in [-0.05, 0) is 17.7 Å². The Morgan fingerprint density at radius 1 is 1.33 bits per heavy atom. The summed E-state index contributed by atoms with van der Waals surface area (Å²) < 4.78 is 6.93. The number of aromatic nitrogens is 2. The summed E-state index contributed by atoms with van der Waals surface area (Å²) in [5, 5.41) is 5.11. The molecule has 1 aromatic carbocycles. The van der Waals surface area contributed by atoms with Crippen molar-refractivity contribution in [2.24, 2.45) is 12.8 Å². The van der Waals surface area contributed by atoms with Gasteiger partial charge in [-0.2, -0.15) is 5.10 Å². The molecule has 18 heavy (non-hydrogen) atoms. The average Bonchev–Trinajstić information content (AvgIpc) is 2.73. The molecule has 0 fully saturated rings. The van der Waals surface area contributed by atoms with Crippen LogP contribution in [0.1, 0.15) is 17.3 Å². The highest BCUT2D eigenvalue weighted by atomic mass is 35.5. The molecule has 1 aromatic heterocycles. The highest BCUT2D eigenvalue weighted by Crippen LogP contribution is 2.31. The lowest BCUT2D eigenvalue weighted by Gasteiger charge is -2.15. The van der Waals surface area contributed by atoms with Crippen LogP contribution in [0.15, 0.2) is 24.4 Å². The molecule has 2 N–H and O–H groups in total. The molecule has 1 atom stereocenters. The molecule has 1 heterocycles. The minimum Gasteiger partial charge on any atom is -0.493 e. The van der Waals surface area contributed by atoms with E-state index in [1.807, 2.05) is 13.1 Å². The molecule has 0 amide bonds. The number of methoxy groups -OCH3 is 1. The Kier molecular flexibility index (Phi) is 3.80. The molecule has 4 nitrogen and oxygen atoms in total. The Morgan fingerprint density at radius 3 is 2.67 bits per heavy atom. The lowest BCUT2D eigenvalue weighted by atomic mass is 10.0. The third-order valence-corrected chi connectivity index (χ3v) is 3.51. The van der Waals surface area contributed by atoms with E-state index in [4.69, 9.17) is 33.7 Å². The summed E-state index contributed by atoms with van der Waals surface area (Å²) in [6.45, 7) is 0. The molecule has 0 saturated heterocycles. The number of nitrogens with zero attached hydrogens (tertiary/aromatic N) is 2. The number of hydrogen-bond donors (Lipinski definition) is 1. The van der Waals surface area contributed by atoms with E-state index in [1.54, 1.807) is 30.1 Å². The van der Waals surface area contributed by atoms with Gasteiger partial charge in [-0.15, -0.1) is 0 Å². The zero-order valence-corrected chi connectivity index (χ0v) is 11.5. The fourth-order valence-electron chi connectivity index (χ4n) is 1.80. The summed E-state index contributed by atoms with van der Waals surface area (Å²) in [5.41, 5.74) is 7.86. The van der Waals surface area contributed by atoms with E-state index < -0.39 is 0 Å². The van der Waals surface area contributed by atoms with Gasteiger partial charge in [0.1, 0.15) is 5.69 Å². The van der Waals surface area contributed by atoms with Crippen LogP contribution in [-0.4, -0.2) is 16.9 Å². The number of benzene rings is 1. The topological polar surface area (TPSA) is 53.1 Å². The second kappa shape index (κ2) is 5.18. The highest BCUT2D eigenvalue weighted by Gasteiger charge is 2.19. The molecule has 1 unspecified atom stereocenters. The molecule has 0 bridgehead atoms. The summed E-state index contributed by atoms with van der Waals surface area (Å²) in [6, 6.07) is 4.94. The van der Waals surface area contributed by atoms with E-state index in [2.05, 4.69) is 5.10 Å². The van der Waals surface area contributed by atoms with Crippen molar-refractivity contribution in [2.75, 3.05) is 7.11 Å². The highest BCUT2D eigenvalue weighted by molar-refractivity contribution is 6.42. The Bertz CT molecular complexity index is 568. The standard InChI is InChI=1S/C12H13Cl2N3O/c1-17-12(10(18-2)6-16-17)11(15)7-3-4-8(13)9(14)5-7/h3-6,11H,15H2,1-2H3. The minimum absolute atomic E-state index is 0.373. The van der Waals surface area contributed by atoms with Crippen LogP contribution in [0, 0.1) is 0 Å². The van der Waals surface area contributed by atoms with Crippen LogP contribution in [0.2, 0.25) is 10.0 Å². The van der Waals surface area contributed by atoms with Crippen LogP contribution in [0.4, 0.5) is 0 Å². The minimum atomic E-state index is -0.373. The quantitative estimate of drug-likeness (QED) is 0.944. The maximum atomic E-state index is 6.21. The predicted octanol–water partition coefficient (Wildman–Crippen LogP) is 2.78. The Balaban J connectivity index is 2.44. The smallest absolute Gasteiger partial charge is 0.161 e. The van der Waals surface area contributed by atoms with Gasteiger partial charge in [-0.3, -0.25) is 4.68 Å². The van der Waals surface area contributed by atoms with Gasteiger partial charge in [-0.1, -0.05) is 29.3 Å². The predicted molar refractivity (Wildman–Crippen MR) is 72.3 cm³/mol. The van der Waals surface area contributed by atoms with Crippen molar-refractivity contribution in [1.29, 1.82) is 0 Å². The van der Waals surface area contributed by atoms with Crippen LogP contribution in [-0.2, 0) is 7.05 Å². The molecule has 0 saturated carbocycles. The number of nitrogens with two attached hydrogens (primary N) is 1. The van der Waals surface area contributed by atoms with E-state index in [9.17, 15) is 0 Å². The second-order valence-electron chi connectivity index (χ2n) is 3.87. The first-order valence-corrected chi connectivity index (χ1v) is 6.06. The first-order valence-electron chi connectivity index (χ1n) is 5.31. The Labute approximate surface area is 115 Å². The lowest BCUT2D eigenvalue weighted by molar-refractivity contribution is 0.406. The first-order chi connectivity index (χ1) is 8.54. The van der Waals surface area contributed by atoms with Crippen molar-refractivity contribution in [1.82, 2.24) is 9.78 Å². The van der Waals surface area contributed by atoms with Crippen LogP contribution in [0.5, 0.6) is 5.75 Å². The molecule has 96 valence electrons. The first kappa shape index (κ1) is 13.2. The molecule has 2 aromatic rings. The normalized spacial score (nSPS) is 12.5. The molecule has 0 radical (unpaired) electrons. The molecular weight excluding hydrogens is 273 g/mol. The fraction of sp³-hybridized carbons (Fsp3) is 0.250. The average molecular weight is 286 g/mol. The molecule has 2 rings (SSSR count). The van der Waals surface area contributed by atoms with Crippen molar-refractivity contribution in [2.45, 2.75) is 6.04 Å². The fourth-order valence-corrected chi connectivity index (χ4v) is 2.11. The SMILES string of the molecule is COc1cnn(C)c1C(N)c1ccc(Cl)c(Cl)c1. The van der Waals surface area contributed by atoms with Gasteiger partial charge in [0, 0.05) is 7.05 Å². The summed E-state index contributed by atoms with van der Waals surface area (Å²) in [4.78, 5) is 0. The maximum Gasteiger partial charge on any atom is 0.161 e. The Morgan fingerprint density at radius 2 is 2.06 bits per heavy atom. The molecule has 0 aliphatic heterocycles. The van der Waals surface area contributed by atoms with Crippen LogP contribution >= 0.6 is 23.2 Å². The molecule has 0 aliphatic rings. The van der Waals surface area contributed by atoms with Crippen LogP contribution in [0.25, 0.3) is 0 Å². The number of hydrogen-bond acceptors (Lipinski definition) is 3. The van der Waals surface area contributed by atoms with E-state index in [1.165, 1.54) is 0 Å². The Hall–Kier alpha value is -1.23. The number of rotatable bonds is 3. The van der Waals surface area contributed by atoms with E-state index in [0.29, 0.717) is 15.8 Å². The van der Waals surface area contributed by atoms with Gasteiger partial charge in [0.2, 0.25) is 0 Å². The van der Waals surface area contributed by atoms with Crippen molar-refractivity contribution in [3.05, 3.63) is 45.7 Å². The molecule has 0 aliphatic carbocycles. The van der Waals surface area contributed by atoms with Gasteiger partial charge in [0.15, 0.2) is 5.75 Å². The number of halogens is 2. The van der Waals surface area contributed by atoms with Crippen molar-refractivity contribution in [3.63, 3.8) is 0 Å². The van der Waals surface area contributed by atoms with Gasteiger partial charge in [0.05, 0.1) is 29.4 Å². The maximum absolute atomic E-state index is 6.21. The van der Waals surface area contributed by atoms with Crippen LogP contribution in [0.3, 0.4) is 0 Å². The van der Waals surface area contributed by atoms with E-state index >= 15 is 0 Å². The van der Waals surface area contributed by atoms with Gasteiger partial charge in [0.25, 0.3) is 0 Å². The van der Waals surface area contributed by atoms with Crippen molar-refractivity contribution in [3.8, 4) is 5.75 Å². The second-order valence-corrected chi connectivity index (χ2v) is 4.69. The lowest BCUT2D eigenvalue weighted by Crippen LogP contribution is -2.16. The largest absolute Gasteiger partial charge is 0.493 e. The third kappa shape index (κ3) is 2.32. The monoisotopic (exact) mass is 285 g/mol. The van der Waals surface area contributed by atoms with E-state index in [0.717, 1.165) is 11.3 Å². The van der Waals surface area contributed by atoms with Crippen LogP contribution < -0.4 is 10.5 Å². The van der Waals surface area contributed by atoms with Crippen molar-refractivity contribution < 1.29 is 4.74 Å². The molecular formula is C12H13Cl2N3O. The summed E-state index contributed by atoms with van der Waals surface area (Å²) >= 11 is 11.9. The summed E-state index contributed by atoms with van der Waals surface area (Å²) in [5.74, 6) is 0.649. The van der Waals surface area contributed by atoms with E-state index in [-0.39, 0.29) is 6.04 Å². The molecule has 6 heteroatoms. The van der Waals surface area contributed by atoms with Gasteiger partial charge in [-0.25, -0.2) is 0 Å². The zero-order valence-electron chi connectivity index (χ0n) is 10.0. The van der Waals surface area contributed by atoms with Gasteiger partial charge < -0.3 is 10.5 Å². The summed E-state index contributed by atoms with van der Waals surface area (Å²) in [7, 11) is 3.40. The van der Waals surface area contributed by atoms with Crippen molar-refractivity contribution >= 4 is 23.2 Å². The van der Waals surface area contributed by atoms with Gasteiger partial charge >= 0.3 is 0 Å². The zero-order chi connectivity index (χ0) is 13.3. The summed E-state index contributed by atoms with van der Waals surface area (Å²) in [6.07, 6.45) is 1.63. The molecule has 0 spiro atoms. The number of ether oxygens (including phenoxy) is 1.